The summed E-state index contributed by atoms with van der Waals surface area (Å²) in [6.45, 7) is 10.4. The molecule has 30 heavy (non-hydrogen) atoms. The third-order valence-corrected chi connectivity index (χ3v) is 5.13. The first-order valence-electron chi connectivity index (χ1n) is 9.74. The Hall–Kier alpha value is -2.40. The molecule has 4 N–H and O–H groups in total. The highest BCUT2D eigenvalue weighted by molar-refractivity contribution is 6.07. The van der Waals surface area contributed by atoms with Crippen LogP contribution in [0.25, 0.3) is 0 Å². The van der Waals surface area contributed by atoms with Crippen molar-refractivity contribution in [2.24, 2.45) is 5.41 Å². The lowest BCUT2D eigenvalue weighted by molar-refractivity contribution is -0.152. The smallest absolute Gasteiger partial charge is 0.408 e. The molecular weight excluding hydrogens is 396 g/mol. The Labute approximate surface area is 175 Å². The summed E-state index contributed by atoms with van der Waals surface area (Å²) in [6, 6.07) is -2.53. The number of hydrogen-bond donors (Lipinski definition) is 4. The lowest BCUT2D eigenvalue weighted by Gasteiger charge is -2.40. The molecular formula is C19H32N4O7. The molecule has 2 aliphatic rings. The predicted molar refractivity (Wildman–Crippen MR) is 105 cm³/mol. The van der Waals surface area contributed by atoms with Gasteiger partial charge in [0.15, 0.2) is 0 Å². The minimum Gasteiger partial charge on any atom is -0.468 e. The van der Waals surface area contributed by atoms with Crippen LogP contribution in [0.3, 0.4) is 0 Å². The molecule has 1 spiro atoms. The number of urea groups is 1. The van der Waals surface area contributed by atoms with Gasteiger partial charge in [-0.1, -0.05) is 20.8 Å². The average molecular weight is 428 g/mol. The third-order valence-electron chi connectivity index (χ3n) is 5.13. The van der Waals surface area contributed by atoms with E-state index in [4.69, 9.17) is 9.47 Å². The Morgan fingerprint density at radius 1 is 1.23 bits per heavy atom. The largest absolute Gasteiger partial charge is 0.468 e. The summed E-state index contributed by atoms with van der Waals surface area (Å²) >= 11 is 0. The van der Waals surface area contributed by atoms with Gasteiger partial charge in [0.1, 0.15) is 23.4 Å². The highest BCUT2D eigenvalue weighted by Crippen LogP contribution is 2.35. The first-order valence-corrected chi connectivity index (χ1v) is 9.74. The lowest BCUT2D eigenvalue weighted by atomic mass is 9.85. The number of likely N-dealkylation sites (tertiary alicyclic amines) is 1. The first-order chi connectivity index (χ1) is 13.6. The Bertz CT molecular complexity index is 727. The fourth-order valence-electron chi connectivity index (χ4n) is 3.71. The summed E-state index contributed by atoms with van der Waals surface area (Å²) < 4.78 is 10.1. The van der Waals surface area contributed by atoms with Crippen LogP contribution in [0.5, 0.6) is 0 Å². The van der Waals surface area contributed by atoms with Gasteiger partial charge in [-0.2, -0.15) is 0 Å². The van der Waals surface area contributed by atoms with Gasteiger partial charge in [0.2, 0.25) is 0 Å². The SMILES string of the molecule is COC(=O)C1CC2(CN1C(O)C(NC(=O)OC(C)(C)C)C(C)(C)C)NC(=O)NC2=O. The standard InChI is InChI=1S/C19H32N4O7/c1-17(2,3)11(20-16(28)30-18(4,5)6)12(24)23-9-19(8-10(23)13(25)29-7)14(26)21-15(27)22-19/h10-12,24H,8-9H2,1-7H3,(H,20,28)(H2,21,22,26,27). The molecule has 2 aliphatic heterocycles. The van der Waals surface area contributed by atoms with Crippen molar-refractivity contribution < 1.29 is 33.8 Å². The maximum atomic E-state index is 12.4. The third kappa shape index (κ3) is 5.01. The van der Waals surface area contributed by atoms with E-state index in [9.17, 15) is 24.3 Å². The quantitative estimate of drug-likeness (QED) is 0.363. The van der Waals surface area contributed by atoms with Crippen LogP contribution in [0.15, 0.2) is 0 Å². The summed E-state index contributed by atoms with van der Waals surface area (Å²) in [4.78, 5) is 50.2. The fourth-order valence-corrected chi connectivity index (χ4v) is 3.71. The van der Waals surface area contributed by atoms with Crippen molar-refractivity contribution >= 4 is 24.0 Å². The van der Waals surface area contributed by atoms with Crippen LogP contribution in [-0.2, 0) is 19.1 Å². The van der Waals surface area contributed by atoms with Crippen LogP contribution in [0, 0.1) is 5.41 Å². The highest BCUT2D eigenvalue weighted by atomic mass is 16.6. The summed E-state index contributed by atoms with van der Waals surface area (Å²) in [5.41, 5.74) is -2.75. The average Bonchev–Trinajstić information content (AvgIpc) is 3.09. The van der Waals surface area contributed by atoms with Crippen molar-refractivity contribution in [3.63, 3.8) is 0 Å². The summed E-state index contributed by atoms with van der Waals surface area (Å²) in [6.07, 6.45) is -2.17. The zero-order valence-corrected chi connectivity index (χ0v) is 18.5. The number of esters is 1. The van der Waals surface area contributed by atoms with Crippen molar-refractivity contribution in [1.82, 2.24) is 20.9 Å². The van der Waals surface area contributed by atoms with E-state index in [-0.39, 0.29) is 13.0 Å². The molecule has 0 saturated carbocycles. The predicted octanol–water partition coefficient (Wildman–Crippen LogP) is 0.0697. The molecule has 0 aromatic carbocycles. The van der Waals surface area contributed by atoms with Gasteiger partial charge in [-0.05, 0) is 26.2 Å². The number of methoxy groups -OCH3 is 1. The Morgan fingerprint density at radius 2 is 1.83 bits per heavy atom. The van der Waals surface area contributed by atoms with E-state index in [1.807, 2.05) is 0 Å². The van der Waals surface area contributed by atoms with Gasteiger partial charge in [0.25, 0.3) is 5.91 Å². The molecule has 0 aromatic rings. The van der Waals surface area contributed by atoms with Gasteiger partial charge in [-0.3, -0.25) is 19.8 Å². The Morgan fingerprint density at radius 3 is 2.27 bits per heavy atom. The number of aliphatic hydroxyl groups excluding tert-OH is 1. The van der Waals surface area contributed by atoms with Gasteiger partial charge in [0, 0.05) is 13.0 Å². The van der Waals surface area contributed by atoms with Crippen molar-refractivity contribution in [1.29, 1.82) is 0 Å². The molecule has 2 saturated heterocycles. The van der Waals surface area contributed by atoms with Gasteiger partial charge >= 0.3 is 18.1 Å². The van der Waals surface area contributed by atoms with Crippen LogP contribution in [0.1, 0.15) is 48.0 Å². The number of aliphatic hydroxyl groups is 1. The maximum Gasteiger partial charge on any atom is 0.408 e. The second-order valence-corrected chi connectivity index (χ2v) is 9.81. The number of carbonyl (C=O) groups excluding carboxylic acids is 4. The van der Waals surface area contributed by atoms with Gasteiger partial charge in [-0.15, -0.1) is 0 Å². The molecule has 2 rings (SSSR count). The van der Waals surface area contributed by atoms with Gasteiger partial charge in [-0.25, -0.2) is 9.59 Å². The monoisotopic (exact) mass is 428 g/mol. The molecule has 2 fully saturated rings. The summed E-state index contributed by atoms with van der Waals surface area (Å²) in [5.74, 6) is -1.24. The second kappa shape index (κ2) is 8.03. The number of carbonyl (C=O) groups is 4. The molecule has 11 nitrogen and oxygen atoms in total. The van der Waals surface area contributed by atoms with E-state index in [0.29, 0.717) is 0 Å². The van der Waals surface area contributed by atoms with Crippen LogP contribution < -0.4 is 16.0 Å². The number of hydrogen-bond acceptors (Lipinski definition) is 8. The molecule has 4 atom stereocenters. The van der Waals surface area contributed by atoms with Crippen molar-refractivity contribution in [2.75, 3.05) is 13.7 Å². The molecule has 4 unspecified atom stereocenters. The van der Waals surface area contributed by atoms with E-state index < -0.39 is 58.9 Å². The minimum absolute atomic E-state index is 0.0718. The van der Waals surface area contributed by atoms with Crippen LogP contribution >= 0.6 is 0 Å². The zero-order valence-electron chi connectivity index (χ0n) is 18.5. The molecule has 11 heteroatoms. The number of nitrogens with zero attached hydrogens (tertiary/aromatic N) is 1. The Balaban J connectivity index is 2.33. The van der Waals surface area contributed by atoms with E-state index in [1.54, 1.807) is 41.5 Å². The topological polar surface area (TPSA) is 146 Å². The van der Waals surface area contributed by atoms with Crippen LogP contribution in [0.4, 0.5) is 9.59 Å². The number of alkyl carbamates (subject to hydrolysis) is 1. The minimum atomic E-state index is -1.37. The van der Waals surface area contributed by atoms with Crippen molar-refractivity contribution in [3.8, 4) is 0 Å². The fraction of sp³-hybridized carbons (Fsp3) is 0.789. The lowest BCUT2D eigenvalue weighted by Crippen LogP contribution is -2.60. The molecule has 2 heterocycles. The molecule has 4 amide bonds. The highest BCUT2D eigenvalue weighted by Gasteiger charge is 2.58. The molecule has 0 radical (unpaired) electrons. The normalized spacial score (nSPS) is 26.7. The molecule has 170 valence electrons. The number of amides is 4. The number of nitrogens with one attached hydrogen (secondary N) is 3. The second-order valence-electron chi connectivity index (χ2n) is 9.81. The van der Waals surface area contributed by atoms with E-state index in [0.717, 1.165) is 0 Å². The summed E-state index contributed by atoms with van der Waals surface area (Å²) in [5, 5.41) is 18.6. The number of imide groups is 1. The van der Waals surface area contributed by atoms with E-state index >= 15 is 0 Å². The van der Waals surface area contributed by atoms with Gasteiger partial charge < -0.3 is 25.2 Å². The zero-order chi connectivity index (χ0) is 23.1. The van der Waals surface area contributed by atoms with Crippen LogP contribution in [-0.4, -0.2) is 77.1 Å². The summed E-state index contributed by atoms with van der Waals surface area (Å²) in [7, 11) is 1.20. The molecule has 0 bridgehead atoms. The number of ether oxygens (including phenoxy) is 2. The number of rotatable bonds is 4. The van der Waals surface area contributed by atoms with Crippen molar-refractivity contribution in [2.45, 2.75) is 77.4 Å². The first kappa shape index (κ1) is 23.9. The maximum absolute atomic E-state index is 12.4. The van der Waals surface area contributed by atoms with Crippen molar-refractivity contribution in [3.05, 3.63) is 0 Å². The van der Waals surface area contributed by atoms with Crippen LogP contribution in [0.2, 0.25) is 0 Å². The Kier molecular flexibility index (Phi) is 6.39. The van der Waals surface area contributed by atoms with Gasteiger partial charge in [0.05, 0.1) is 13.2 Å². The molecule has 0 aliphatic carbocycles. The van der Waals surface area contributed by atoms with E-state index in [2.05, 4.69) is 16.0 Å². The molecule has 0 aromatic heterocycles. The van der Waals surface area contributed by atoms with E-state index in [1.165, 1.54) is 12.0 Å².